The van der Waals surface area contributed by atoms with Crippen molar-refractivity contribution in [3.8, 4) is 0 Å². The Kier molecular flexibility index (Phi) is 6.07. The topological polar surface area (TPSA) is 41.1 Å². The summed E-state index contributed by atoms with van der Waals surface area (Å²) in [5.74, 6) is -1.72. The minimum absolute atomic E-state index is 0.144. The Labute approximate surface area is 140 Å². The first-order valence-electron chi connectivity index (χ1n) is 7.68. The van der Waals surface area contributed by atoms with E-state index in [-0.39, 0.29) is 17.9 Å². The molecule has 1 aliphatic rings. The molecule has 1 heterocycles. The molecule has 2 N–H and O–H groups in total. The maximum absolute atomic E-state index is 13.6. The second kappa shape index (κ2) is 8.24. The zero-order valence-electron chi connectivity index (χ0n) is 13.7. The summed E-state index contributed by atoms with van der Waals surface area (Å²) in [6.45, 7) is 4.45. The number of hydrogen-bond acceptors (Lipinski definition) is 2. The summed E-state index contributed by atoms with van der Waals surface area (Å²) in [5, 5.41) is 5.81. The Balaban J connectivity index is 2.02. The Morgan fingerprint density at radius 1 is 1.38 bits per heavy atom. The predicted molar refractivity (Wildman–Crippen MR) is 90.9 cm³/mol. The Hall–Kier alpha value is -2.69. The van der Waals surface area contributed by atoms with Crippen LogP contribution in [0.2, 0.25) is 0 Å². The Morgan fingerprint density at radius 3 is 2.79 bits per heavy atom. The van der Waals surface area contributed by atoms with Crippen molar-refractivity contribution in [2.45, 2.75) is 20.3 Å². The number of dihydropyridines is 1. The van der Waals surface area contributed by atoms with Crippen molar-refractivity contribution in [2.75, 3.05) is 6.54 Å². The maximum Gasteiger partial charge on any atom is 0.228 e. The van der Waals surface area contributed by atoms with E-state index in [1.54, 1.807) is 6.92 Å². The molecule has 3 nitrogen and oxygen atoms in total. The van der Waals surface area contributed by atoms with Gasteiger partial charge in [0.05, 0.1) is 6.42 Å². The number of benzene rings is 1. The van der Waals surface area contributed by atoms with Gasteiger partial charge in [-0.1, -0.05) is 18.2 Å². The van der Waals surface area contributed by atoms with E-state index in [1.807, 2.05) is 31.4 Å². The van der Waals surface area contributed by atoms with E-state index >= 15 is 0 Å². The molecule has 0 aliphatic carbocycles. The lowest BCUT2D eigenvalue weighted by molar-refractivity contribution is -0.119. The van der Waals surface area contributed by atoms with Gasteiger partial charge in [-0.15, -0.1) is 0 Å². The molecule has 0 unspecified atom stereocenters. The number of carbonyl (C=O) groups is 1. The summed E-state index contributed by atoms with van der Waals surface area (Å²) >= 11 is 0. The lowest BCUT2D eigenvalue weighted by Gasteiger charge is -2.11. The van der Waals surface area contributed by atoms with Gasteiger partial charge in [0.1, 0.15) is 11.6 Å². The minimum atomic E-state index is -0.717. The number of hydrogen-bond donors (Lipinski definition) is 2. The zero-order chi connectivity index (χ0) is 17.5. The van der Waals surface area contributed by atoms with Gasteiger partial charge in [0.25, 0.3) is 0 Å². The molecule has 0 fully saturated rings. The fourth-order valence-corrected chi connectivity index (χ4v) is 2.37. The molecule has 1 aromatic carbocycles. The second-order valence-electron chi connectivity index (χ2n) is 5.43. The van der Waals surface area contributed by atoms with Crippen LogP contribution in [-0.4, -0.2) is 12.5 Å². The van der Waals surface area contributed by atoms with Crippen LogP contribution in [0.4, 0.5) is 8.78 Å². The third kappa shape index (κ3) is 4.91. The molecule has 2 rings (SSSR count). The van der Waals surface area contributed by atoms with Crippen molar-refractivity contribution in [1.82, 2.24) is 10.6 Å². The van der Waals surface area contributed by atoms with Crippen molar-refractivity contribution in [3.05, 3.63) is 82.7 Å². The van der Waals surface area contributed by atoms with Crippen molar-refractivity contribution < 1.29 is 13.6 Å². The van der Waals surface area contributed by atoms with Crippen molar-refractivity contribution in [3.63, 3.8) is 0 Å². The summed E-state index contributed by atoms with van der Waals surface area (Å²) in [6.07, 6.45) is 9.55. The van der Waals surface area contributed by atoms with Gasteiger partial charge in [0, 0.05) is 18.3 Å². The minimum Gasteiger partial charge on any atom is -0.387 e. The summed E-state index contributed by atoms with van der Waals surface area (Å²) in [6, 6.07) is 3.20. The smallest absolute Gasteiger partial charge is 0.228 e. The first-order valence-corrected chi connectivity index (χ1v) is 7.68. The lowest BCUT2D eigenvalue weighted by atomic mass is 10.0. The van der Waals surface area contributed by atoms with E-state index in [1.165, 1.54) is 6.07 Å². The molecule has 0 saturated carbocycles. The summed E-state index contributed by atoms with van der Waals surface area (Å²) < 4.78 is 26.5. The van der Waals surface area contributed by atoms with Crippen molar-refractivity contribution in [1.29, 1.82) is 0 Å². The SMILES string of the molecule is C/C=C(\C=C(/C)NC(=O)Cc1ccc(F)cc1F)C1=CCNC=C1. The predicted octanol–water partition coefficient (Wildman–Crippen LogP) is 3.52. The van der Waals surface area contributed by atoms with E-state index in [0.717, 1.165) is 29.8 Å². The second-order valence-corrected chi connectivity index (χ2v) is 5.43. The number of allylic oxidation sites excluding steroid dienone is 6. The zero-order valence-corrected chi connectivity index (χ0v) is 13.7. The molecule has 1 amide bonds. The van der Waals surface area contributed by atoms with Gasteiger partial charge in [-0.3, -0.25) is 4.79 Å². The molecule has 0 radical (unpaired) electrons. The van der Waals surface area contributed by atoms with Crippen LogP contribution in [0.25, 0.3) is 0 Å². The fraction of sp³-hybridized carbons (Fsp3) is 0.211. The number of carbonyl (C=O) groups excluding carboxylic acids is 1. The largest absolute Gasteiger partial charge is 0.387 e. The third-order valence-corrected chi connectivity index (χ3v) is 3.54. The van der Waals surface area contributed by atoms with Crippen LogP contribution >= 0.6 is 0 Å². The van der Waals surface area contributed by atoms with Crippen LogP contribution < -0.4 is 10.6 Å². The quantitative estimate of drug-likeness (QED) is 0.811. The maximum atomic E-state index is 13.6. The van der Waals surface area contributed by atoms with Crippen molar-refractivity contribution >= 4 is 5.91 Å². The average Bonchev–Trinajstić information content (AvgIpc) is 2.56. The molecule has 1 aromatic rings. The van der Waals surface area contributed by atoms with Crippen LogP contribution in [0.1, 0.15) is 19.4 Å². The summed E-state index contributed by atoms with van der Waals surface area (Å²) in [7, 11) is 0. The van der Waals surface area contributed by atoms with Crippen LogP contribution in [0.15, 0.2) is 65.5 Å². The van der Waals surface area contributed by atoms with Gasteiger partial charge in [0.15, 0.2) is 0 Å². The Morgan fingerprint density at radius 2 is 2.17 bits per heavy atom. The Bertz CT molecular complexity index is 746. The molecule has 5 heteroatoms. The molecular weight excluding hydrogens is 310 g/mol. The number of nitrogens with one attached hydrogen (secondary N) is 2. The highest BCUT2D eigenvalue weighted by molar-refractivity contribution is 5.80. The summed E-state index contributed by atoms with van der Waals surface area (Å²) in [5.41, 5.74) is 2.87. The van der Waals surface area contributed by atoms with Crippen LogP contribution in [0, 0.1) is 11.6 Å². The van der Waals surface area contributed by atoms with E-state index < -0.39 is 11.6 Å². The lowest BCUT2D eigenvalue weighted by Crippen LogP contribution is -2.24. The molecule has 1 aliphatic heterocycles. The monoisotopic (exact) mass is 330 g/mol. The van der Waals surface area contributed by atoms with Gasteiger partial charge in [-0.25, -0.2) is 8.78 Å². The van der Waals surface area contributed by atoms with Gasteiger partial charge in [-0.2, -0.15) is 0 Å². The number of halogens is 2. The first kappa shape index (κ1) is 17.7. The van der Waals surface area contributed by atoms with E-state index in [4.69, 9.17) is 0 Å². The normalized spacial score (nSPS) is 14.9. The van der Waals surface area contributed by atoms with Gasteiger partial charge in [-0.05, 0) is 55.0 Å². The van der Waals surface area contributed by atoms with Gasteiger partial charge >= 0.3 is 0 Å². The first-order chi connectivity index (χ1) is 11.5. The van der Waals surface area contributed by atoms with Crippen LogP contribution in [-0.2, 0) is 11.2 Å². The highest BCUT2D eigenvalue weighted by Gasteiger charge is 2.10. The third-order valence-electron chi connectivity index (χ3n) is 3.54. The van der Waals surface area contributed by atoms with Crippen LogP contribution in [0.3, 0.4) is 0 Å². The molecule has 0 saturated heterocycles. The number of rotatable bonds is 5. The standard InChI is InChI=1S/C19H20F2N2O/c1-3-14(15-6-8-22-9-7-15)10-13(2)23-19(24)11-16-4-5-17(20)12-18(16)21/h3-8,10,12,22H,9,11H2,1-2H3,(H,23,24)/b13-10+,14-3+. The average molecular weight is 330 g/mol. The van der Waals surface area contributed by atoms with Crippen LogP contribution in [0.5, 0.6) is 0 Å². The molecular formula is C19H20F2N2O. The molecule has 24 heavy (non-hydrogen) atoms. The molecule has 126 valence electrons. The molecule has 0 aromatic heterocycles. The molecule has 0 bridgehead atoms. The fourth-order valence-electron chi connectivity index (χ4n) is 2.37. The van der Waals surface area contributed by atoms with Crippen molar-refractivity contribution in [2.24, 2.45) is 0 Å². The van der Waals surface area contributed by atoms with E-state index in [0.29, 0.717) is 5.70 Å². The highest BCUT2D eigenvalue weighted by atomic mass is 19.1. The van der Waals surface area contributed by atoms with Gasteiger partial charge < -0.3 is 10.6 Å². The van der Waals surface area contributed by atoms with E-state index in [9.17, 15) is 13.6 Å². The summed E-state index contributed by atoms with van der Waals surface area (Å²) in [4.78, 5) is 12.0. The molecule has 0 spiro atoms. The van der Waals surface area contributed by atoms with Gasteiger partial charge in [0.2, 0.25) is 5.91 Å². The number of amides is 1. The molecule has 0 atom stereocenters. The highest BCUT2D eigenvalue weighted by Crippen LogP contribution is 2.16. The van der Waals surface area contributed by atoms with E-state index in [2.05, 4.69) is 16.7 Å².